The molecule has 7 heteroatoms. The maximum absolute atomic E-state index is 4.23. The van der Waals surface area contributed by atoms with E-state index in [4.69, 9.17) is 0 Å². The molecule has 7 nitrogen and oxygen atoms in total. The van der Waals surface area contributed by atoms with Crippen molar-refractivity contribution in [1.29, 1.82) is 0 Å². The Labute approximate surface area is 116 Å². The third kappa shape index (κ3) is 2.37. The first-order valence-electron chi connectivity index (χ1n) is 6.29. The first-order valence-corrected chi connectivity index (χ1v) is 6.29. The molecule has 0 unspecified atom stereocenters. The summed E-state index contributed by atoms with van der Waals surface area (Å²) >= 11 is 0. The van der Waals surface area contributed by atoms with Crippen LogP contribution in [0.3, 0.4) is 0 Å². The van der Waals surface area contributed by atoms with Gasteiger partial charge in [-0.05, 0) is 41.6 Å². The number of benzene rings is 1. The van der Waals surface area contributed by atoms with Crippen LogP contribution in [0.5, 0.6) is 0 Å². The largest absolute Gasteiger partial charge is 0.381 e. The van der Waals surface area contributed by atoms with E-state index in [9.17, 15) is 0 Å². The zero-order valence-electron chi connectivity index (χ0n) is 11.4. The van der Waals surface area contributed by atoms with Crippen molar-refractivity contribution in [3.8, 4) is 5.69 Å². The van der Waals surface area contributed by atoms with Gasteiger partial charge in [-0.1, -0.05) is 0 Å². The van der Waals surface area contributed by atoms with E-state index < -0.39 is 0 Å². The highest BCUT2D eigenvalue weighted by Crippen LogP contribution is 2.14. The molecule has 2 aromatic heterocycles. The summed E-state index contributed by atoms with van der Waals surface area (Å²) in [4.78, 5) is 0. The van der Waals surface area contributed by atoms with E-state index in [-0.39, 0.29) is 0 Å². The first kappa shape index (κ1) is 12.3. The van der Waals surface area contributed by atoms with E-state index in [2.05, 4.69) is 32.9 Å². The summed E-state index contributed by atoms with van der Waals surface area (Å²) in [7, 11) is 1.94. The number of aryl methyl sites for hydroxylation is 1. The summed E-state index contributed by atoms with van der Waals surface area (Å²) in [6.45, 7) is 2.81. The Bertz CT molecular complexity index is 682. The average molecular weight is 269 g/mol. The molecule has 102 valence electrons. The van der Waals surface area contributed by atoms with E-state index in [1.54, 1.807) is 11.0 Å². The van der Waals surface area contributed by atoms with E-state index >= 15 is 0 Å². The lowest BCUT2D eigenvalue weighted by molar-refractivity contribution is 0.738. The minimum Gasteiger partial charge on any atom is -0.381 e. The Morgan fingerprint density at radius 3 is 2.60 bits per heavy atom. The molecular formula is C13H15N7. The van der Waals surface area contributed by atoms with Gasteiger partial charge in [0.2, 0.25) is 0 Å². The molecule has 0 radical (unpaired) electrons. The maximum atomic E-state index is 4.23. The quantitative estimate of drug-likeness (QED) is 0.773. The Kier molecular flexibility index (Phi) is 3.16. The number of hydrogen-bond acceptors (Lipinski definition) is 5. The van der Waals surface area contributed by atoms with Crippen LogP contribution in [0.2, 0.25) is 0 Å². The molecule has 0 bridgehead atoms. The van der Waals surface area contributed by atoms with Gasteiger partial charge in [0.1, 0.15) is 6.33 Å². The maximum Gasteiger partial charge on any atom is 0.143 e. The van der Waals surface area contributed by atoms with Gasteiger partial charge in [-0.3, -0.25) is 4.68 Å². The molecule has 0 saturated heterocycles. The molecule has 3 rings (SSSR count). The van der Waals surface area contributed by atoms with Crippen LogP contribution in [0.4, 0.5) is 5.69 Å². The van der Waals surface area contributed by atoms with Gasteiger partial charge in [-0.15, -0.1) is 5.10 Å². The van der Waals surface area contributed by atoms with Crippen molar-refractivity contribution in [3.63, 3.8) is 0 Å². The van der Waals surface area contributed by atoms with Crippen LogP contribution in [0.25, 0.3) is 5.69 Å². The van der Waals surface area contributed by atoms with Crippen LogP contribution >= 0.6 is 0 Å². The Morgan fingerprint density at radius 2 is 2.00 bits per heavy atom. The van der Waals surface area contributed by atoms with Crippen molar-refractivity contribution in [2.24, 2.45) is 7.05 Å². The highest BCUT2D eigenvalue weighted by atomic mass is 15.5. The van der Waals surface area contributed by atoms with E-state index in [1.165, 1.54) is 11.3 Å². The van der Waals surface area contributed by atoms with Gasteiger partial charge < -0.3 is 5.32 Å². The minimum atomic E-state index is 0.754. The summed E-state index contributed by atoms with van der Waals surface area (Å²) in [5, 5.41) is 18.7. The molecule has 0 atom stereocenters. The van der Waals surface area contributed by atoms with Crippen LogP contribution in [-0.4, -0.2) is 30.0 Å². The van der Waals surface area contributed by atoms with Crippen molar-refractivity contribution in [3.05, 3.63) is 48.0 Å². The van der Waals surface area contributed by atoms with Gasteiger partial charge in [0.25, 0.3) is 0 Å². The van der Waals surface area contributed by atoms with Gasteiger partial charge in [0, 0.05) is 30.5 Å². The van der Waals surface area contributed by atoms with Crippen molar-refractivity contribution in [2.75, 3.05) is 5.32 Å². The third-order valence-corrected chi connectivity index (χ3v) is 3.30. The highest BCUT2D eigenvalue weighted by Gasteiger charge is 2.03. The minimum absolute atomic E-state index is 0.754. The molecular weight excluding hydrogens is 254 g/mol. The summed E-state index contributed by atoms with van der Waals surface area (Å²) in [6, 6.07) is 7.94. The van der Waals surface area contributed by atoms with Gasteiger partial charge in [0.15, 0.2) is 0 Å². The number of hydrogen-bond donors (Lipinski definition) is 1. The predicted octanol–water partition coefficient (Wildman–Crippen LogP) is 1.32. The van der Waals surface area contributed by atoms with Crippen LogP contribution in [0.1, 0.15) is 11.3 Å². The topological polar surface area (TPSA) is 73.5 Å². The third-order valence-electron chi connectivity index (χ3n) is 3.30. The molecule has 0 fully saturated rings. The Morgan fingerprint density at radius 1 is 1.20 bits per heavy atom. The van der Waals surface area contributed by atoms with Crippen LogP contribution in [-0.2, 0) is 13.6 Å². The summed E-state index contributed by atoms with van der Waals surface area (Å²) in [5.74, 6) is 0. The molecule has 0 spiro atoms. The monoisotopic (exact) mass is 269 g/mol. The van der Waals surface area contributed by atoms with Gasteiger partial charge in [-0.25, -0.2) is 4.68 Å². The fourth-order valence-electron chi connectivity index (χ4n) is 1.93. The highest BCUT2D eigenvalue weighted by molar-refractivity contribution is 5.48. The molecule has 0 aliphatic rings. The zero-order chi connectivity index (χ0) is 13.9. The van der Waals surface area contributed by atoms with E-state index in [0.29, 0.717) is 0 Å². The van der Waals surface area contributed by atoms with Gasteiger partial charge in [0.05, 0.1) is 11.9 Å². The molecule has 20 heavy (non-hydrogen) atoms. The molecule has 3 aromatic rings. The summed E-state index contributed by atoms with van der Waals surface area (Å²) in [5.41, 5.74) is 4.34. The Hall–Kier alpha value is -2.70. The molecule has 1 N–H and O–H groups in total. The second kappa shape index (κ2) is 5.12. The molecule has 2 heterocycles. The number of nitrogens with one attached hydrogen (secondary N) is 1. The number of rotatable bonds is 4. The second-order valence-corrected chi connectivity index (χ2v) is 4.53. The predicted molar refractivity (Wildman–Crippen MR) is 74.4 cm³/mol. The fraction of sp³-hybridized carbons (Fsp3) is 0.231. The second-order valence-electron chi connectivity index (χ2n) is 4.53. The fourth-order valence-corrected chi connectivity index (χ4v) is 1.93. The lowest BCUT2D eigenvalue weighted by Crippen LogP contribution is -2.02. The summed E-state index contributed by atoms with van der Waals surface area (Å²) < 4.78 is 3.49. The number of anilines is 1. The van der Waals surface area contributed by atoms with Crippen molar-refractivity contribution in [1.82, 2.24) is 30.0 Å². The normalized spacial score (nSPS) is 10.7. The van der Waals surface area contributed by atoms with Gasteiger partial charge in [-0.2, -0.15) is 5.10 Å². The van der Waals surface area contributed by atoms with Crippen molar-refractivity contribution in [2.45, 2.75) is 13.5 Å². The van der Waals surface area contributed by atoms with Crippen molar-refractivity contribution >= 4 is 5.69 Å². The molecule has 1 aromatic carbocycles. The first-order chi connectivity index (χ1) is 9.74. The molecule has 0 aliphatic heterocycles. The number of nitrogens with zero attached hydrogens (tertiary/aromatic N) is 6. The standard InChI is InChI=1S/C13H15N7/c1-10-11(8-16-19(10)2)7-14-12-3-5-13(6-4-12)20-9-15-17-18-20/h3-6,8-9,14H,7H2,1-2H3. The lowest BCUT2D eigenvalue weighted by atomic mass is 10.2. The van der Waals surface area contributed by atoms with E-state index in [1.807, 2.05) is 42.2 Å². The molecule has 0 aliphatic carbocycles. The zero-order valence-corrected chi connectivity index (χ0v) is 11.4. The number of aromatic nitrogens is 6. The van der Waals surface area contributed by atoms with Crippen LogP contribution in [0, 0.1) is 6.92 Å². The van der Waals surface area contributed by atoms with Crippen LogP contribution in [0.15, 0.2) is 36.8 Å². The molecule has 0 saturated carbocycles. The Balaban J connectivity index is 1.68. The van der Waals surface area contributed by atoms with Gasteiger partial charge >= 0.3 is 0 Å². The SMILES string of the molecule is Cc1c(CNc2ccc(-n3cnnn3)cc2)cnn1C. The van der Waals surface area contributed by atoms with E-state index in [0.717, 1.165) is 17.9 Å². The number of tetrazole rings is 1. The van der Waals surface area contributed by atoms with Crippen LogP contribution < -0.4 is 5.32 Å². The smallest absolute Gasteiger partial charge is 0.143 e. The average Bonchev–Trinajstić information content (AvgIpc) is 3.10. The summed E-state index contributed by atoms with van der Waals surface area (Å²) in [6.07, 6.45) is 3.46. The van der Waals surface area contributed by atoms with Crippen molar-refractivity contribution < 1.29 is 0 Å². The molecule has 0 amide bonds. The lowest BCUT2D eigenvalue weighted by Gasteiger charge is -2.07.